The van der Waals surface area contributed by atoms with Crippen LogP contribution in [0.3, 0.4) is 0 Å². The van der Waals surface area contributed by atoms with Gasteiger partial charge in [-0.1, -0.05) is 37.6 Å². The lowest BCUT2D eigenvalue weighted by molar-refractivity contribution is -0.441. The van der Waals surface area contributed by atoms with Gasteiger partial charge >= 0.3 is 0 Å². The monoisotopic (exact) mass is 703 g/mol. The quantitative estimate of drug-likeness (QED) is 0.197. The van der Waals surface area contributed by atoms with E-state index in [1.807, 2.05) is 7.05 Å². The number of methoxy groups -OCH3 is 2. The Kier molecular flexibility index (Phi) is 11.3. The third kappa shape index (κ3) is 7.27. The predicted octanol–water partition coefficient (Wildman–Crippen LogP) is 6.09. The van der Waals surface area contributed by atoms with E-state index in [9.17, 15) is 18.1 Å². The fourth-order valence-corrected chi connectivity index (χ4v) is 8.29. The van der Waals surface area contributed by atoms with Crippen LogP contribution in [0.15, 0.2) is 88.1 Å². The smallest absolute Gasteiger partial charge is 0.209 e. The SMILES string of the molecule is COCCN1/C(=C/C=C2\CCCC(/C=C/C3=[N+](CCOC)c4ccc(C)cc4C3(C)C)=C2N(C)CCO)C(C)(C)c2cc(S(=O)(=O)[O-])ccc21. The largest absolute Gasteiger partial charge is 0.744 e. The van der Waals surface area contributed by atoms with Crippen LogP contribution in [-0.2, 0) is 30.4 Å². The first-order valence-corrected chi connectivity index (χ1v) is 18.8. The zero-order valence-electron chi connectivity index (χ0n) is 30.9. The lowest BCUT2D eigenvalue weighted by Gasteiger charge is -2.31. The van der Waals surface area contributed by atoms with E-state index >= 15 is 0 Å². The van der Waals surface area contributed by atoms with Crippen molar-refractivity contribution in [1.29, 1.82) is 0 Å². The molecular formula is C40H53N3O6S. The Hall–Kier alpha value is -3.54. The minimum atomic E-state index is -4.60. The van der Waals surface area contributed by atoms with Gasteiger partial charge in [-0.05, 0) is 87.1 Å². The van der Waals surface area contributed by atoms with Crippen molar-refractivity contribution in [3.8, 4) is 0 Å². The van der Waals surface area contributed by atoms with Crippen molar-refractivity contribution >= 4 is 27.2 Å². The summed E-state index contributed by atoms with van der Waals surface area (Å²) >= 11 is 0. The first kappa shape index (κ1) is 37.7. The Morgan fingerprint density at radius 2 is 1.72 bits per heavy atom. The van der Waals surface area contributed by atoms with Gasteiger partial charge in [0, 0.05) is 74.6 Å². The highest BCUT2D eigenvalue weighted by molar-refractivity contribution is 7.85. The summed E-state index contributed by atoms with van der Waals surface area (Å²) < 4.78 is 49.2. The Labute approximate surface area is 298 Å². The van der Waals surface area contributed by atoms with E-state index in [1.54, 1.807) is 20.3 Å². The summed E-state index contributed by atoms with van der Waals surface area (Å²) in [6.45, 7) is 13.8. The number of hydrogen-bond acceptors (Lipinski definition) is 8. The number of ether oxygens (including phenoxy) is 2. The van der Waals surface area contributed by atoms with Gasteiger partial charge in [0.15, 0.2) is 12.3 Å². The van der Waals surface area contributed by atoms with E-state index in [0.717, 1.165) is 48.5 Å². The second-order valence-corrected chi connectivity index (χ2v) is 15.9. The maximum absolute atomic E-state index is 11.9. The normalized spacial score (nSPS) is 20.1. The number of aliphatic hydroxyl groups is 1. The summed E-state index contributed by atoms with van der Waals surface area (Å²) in [6.07, 6.45) is 11.6. The molecule has 2 aromatic rings. The van der Waals surface area contributed by atoms with Crippen LogP contribution in [0.4, 0.5) is 11.4 Å². The molecule has 1 N–H and O–H groups in total. The molecule has 0 fully saturated rings. The Bertz CT molecular complexity index is 1880. The van der Waals surface area contributed by atoms with Crippen LogP contribution < -0.4 is 4.90 Å². The Balaban J connectivity index is 1.61. The standard InChI is InChI=1S/C40H53N3O6S/c1-28-12-16-34-32(26-28)39(2,3)36(42(34)21-24-48-7)18-13-29-10-9-11-30(38(29)41(6)20-23-44)14-19-37-40(4,5)33-27-31(50(45,46)47)15-17-35(33)43(37)22-25-49-8/h12-19,26-27,44H,9-11,20-25H2,1-8H3. The first-order valence-electron chi connectivity index (χ1n) is 17.4. The molecule has 0 spiro atoms. The number of benzene rings is 2. The van der Waals surface area contributed by atoms with E-state index in [1.165, 1.54) is 45.8 Å². The van der Waals surface area contributed by atoms with E-state index in [-0.39, 0.29) is 16.9 Å². The summed E-state index contributed by atoms with van der Waals surface area (Å²) in [7, 11) is 0.830. The molecule has 10 heteroatoms. The molecule has 0 aromatic heterocycles. The zero-order chi connectivity index (χ0) is 36.4. The Morgan fingerprint density at radius 1 is 0.980 bits per heavy atom. The van der Waals surface area contributed by atoms with Crippen LogP contribution >= 0.6 is 0 Å². The van der Waals surface area contributed by atoms with Crippen LogP contribution in [0.5, 0.6) is 0 Å². The van der Waals surface area contributed by atoms with Crippen molar-refractivity contribution < 1.29 is 32.1 Å². The maximum Gasteiger partial charge on any atom is 0.209 e. The molecule has 1 aliphatic carbocycles. The van der Waals surface area contributed by atoms with Crippen molar-refractivity contribution in [3.63, 3.8) is 0 Å². The number of aryl methyl sites for hydroxylation is 1. The highest BCUT2D eigenvalue weighted by Gasteiger charge is 2.44. The molecule has 2 heterocycles. The number of rotatable bonds is 13. The van der Waals surface area contributed by atoms with Gasteiger partial charge in [-0.25, -0.2) is 8.42 Å². The molecule has 0 radical (unpaired) electrons. The van der Waals surface area contributed by atoms with Gasteiger partial charge in [-0.3, -0.25) is 0 Å². The van der Waals surface area contributed by atoms with Gasteiger partial charge in [0.25, 0.3) is 0 Å². The number of anilines is 1. The summed E-state index contributed by atoms with van der Waals surface area (Å²) in [4.78, 5) is 4.09. The highest BCUT2D eigenvalue weighted by Crippen LogP contribution is 2.49. The number of likely N-dealkylation sites (N-methyl/N-ethyl adjacent to an activating group) is 1. The number of hydrogen-bond donors (Lipinski definition) is 1. The lowest BCUT2D eigenvalue weighted by atomic mass is 9.80. The predicted molar refractivity (Wildman–Crippen MR) is 198 cm³/mol. The van der Waals surface area contributed by atoms with Crippen LogP contribution in [0.1, 0.15) is 63.6 Å². The summed E-state index contributed by atoms with van der Waals surface area (Å²) in [6, 6.07) is 11.3. The molecule has 0 bridgehead atoms. The van der Waals surface area contributed by atoms with Crippen molar-refractivity contribution in [1.82, 2.24) is 4.90 Å². The first-order chi connectivity index (χ1) is 23.7. The van der Waals surface area contributed by atoms with Gasteiger partial charge in [0.1, 0.15) is 16.7 Å². The van der Waals surface area contributed by atoms with Crippen LogP contribution in [-0.4, -0.2) is 94.0 Å². The van der Waals surface area contributed by atoms with E-state index < -0.39 is 15.5 Å². The van der Waals surface area contributed by atoms with E-state index in [0.29, 0.717) is 26.3 Å². The number of allylic oxidation sites excluding steroid dienone is 7. The van der Waals surface area contributed by atoms with E-state index in [2.05, 4.69) is 91.5 Å². The van der Waals surface area contributed by atoms with Crippen LogP contribution in [0.2, 0.25) is 0 Å². The van der Waals surface area contributed by atoms with Crippen LogP contribution in [0.25, 0.3) is 0 Å². The van der Waals surface area contributed by atoms with Crippen molar-refractivity contribution in [3.05, 3.63) is 99.9 Å². The van der Waals surface area contributed by atoms with Gasteiger partial charge in [-0.2, -0.15) is 4.58 Å². The molecule has 0 amide bonds. The number of aliphatic hydroxyl groups excluding tert-OH is 1. The van der Waals surface area contributed by atoms with Gasteiger partial charge in [0.2, 0.25) is 5.69 Å². The Morgan fingerprint density at radius 3 is 2.40 bits per heavy atom. The number of nitrogens with zero attached hydrogens (tertiary/aromatic N) is 3. The third-order valence-electron chi connectivity index (χ3n) is 10.4. The molecular weight excluding hydrogens is 651 g/mol. The maximum atomic E-state index is 11.9. The summed E-state index contributed by atoms with van der Waals surface area (Å²) in [5.74, 6) is 0. The molecule has 270 valence electrons. The minimum absolute atomic E-state index is 0.0350. The van der Waals surface area contributed by atoms with Gasteiger partial charge in [-0.15, -0.1) is 0 Å². The van der Waals surface area contributed by atoms with Gasteiger partial charge in [0.05, 0.1) is 23.5 Å². The van der Waals surface area contributed by atoms with Crippen molar-refractivity contribution in [2.45, 2.75) is 69.6 Å². The molecule has 5 rings (SSSR count). The average molecular weight is 704 g/mol. The lowest BCUT2D eigenvalue weighted by Crippen LogP contribution is -2.29. The second-order valence-electron chi connectivity index (χ2n) is 14.5. The molecule has 3 aliphatic rings. The molecule has 2 aliphatic heterocycles. The van der Waals surface area contributed by atoms with Crippen molar-refractivity contribution in [2.75, 3.05) is 65.6 Å². The molecule has 0 unspecified atom stereocenters. The molecule has 0 atom stereocenters. The third-order valence-corrected chi connectivity index (χ3v) is 11.3. The summed E-state index contributed by atoms with van der Waals surface area (Å²) in [5, 5.41) is 10.00. The average Bonchev–Trinajstić information content (AvgIpc) is 3.41. The second kappa shape index (κ2) is 15.0. The molecule has 2 aromatic carbocycles. The van der Waals surface area contributed by atoms with Crippen LogP contribution in [0, 0.1) is 6.92 Å². The van der Waals surface area contributed by atoms with Gasteiger partial charge < -0.3 is 28.9 Å². The molecule has 50 heavy (non-hydrogen) atoms. The topological polar surface area (TPSA) is 105 Å². The fraction of sp³-hybridized carbons (Fsp3) is 0.475. The molecule has 0 saturated carbocycles. The zero-order valence-corrected chi connectivity index (χ0v) is 31.7. The fourth-order valence-electron chi connectivity index (χ4n) is 7.79. The van der Waals surface area contributed by atoms with E-state index in [4.69, 9.17) is 9.47 Å². The summed E-state index contributed by atoms with van der Waals surface area (Å²) in [5.41, 5.74) is 10.4. The molecule has 9 nitrogen and oxygen atoms in total. The molecule has 0 saturated heterocycles. The van der Waals surface area contributed by atoms with Crippen molar-refractivity contribution in [2.24, 2.45) is 0 Å². The minimum Gasteiger partial charge on any atom is -0.744 e. The number of fused-ring (bicyclic) bond motifs is 2. The highest BCUT2D eigenvalue weighted by atomic mass is 32.2.